The maximum absolute atomic E-state index is 11.6. The minimum absolute atomic E-state index is 0.0286. The van der Waals surface area contributed by atoms with Crippen molar-refractivity contribution in [2.24, 2.45) is 0 Å². The van der Waals surface area contributed by atoms with Crippen molar-refractivity contribution in [3.63, 3.8) is 0 Å². The molecule has 0 amide bonds. The molecule has 1 N–H and O–H groups in total. The van der Waals surface area contributed by atoms with Gasteiger partial charge in [0.2, 0.25) is 6.79 Å². The largest absolute Gasteiger partial charge is 0.481 e. The van der Waals surface area contributed by atoms with Gasteiger partial charge in [-0.2, -0.15) is 0 Å². The van der Waals surface area contributed by atoms with Crippen molar-refractivity contribution in [2.75, 3.05) is 6.79 Å². The van der Waals surface area contributed by atoms with Gasteiger partial charge in [-0.3, -0.25) is 9.59 Å². The fraction of sp³-hybridized carbons (Fsp3) is 0.385. The van der Waals surface area contributed by atoms with Gasteiger partial charge in [0.25, 0.3) is 0 Å². The predicted octanol–water partition coefficient (Wildman–Crippen LogP) is 2.39. The van der Waals surface area contributed by atoms with Crippen LogP contribution in [0.3, 0.4) is 0 Å². The molecule has 0 spiro atoms. The molecule has 0 aromatic heterocycles. The van der Waals surface area contributed by atoms with Gasteiger partial charge in [0, 0.05) is 5.56 Å². The number of carboxylic acid groups (broad SMARTS) is 1. The second-order valence-electron chi connectivity index (χ2n) is 4.74. The molecule has 100 valence electrons. The number of aliphatic carboxylic acids is 1. The summed E-state index contributed by atoms with van der Waals surface area (Å²) in [6.07, 6.45) is 2.51. The Morgan fingerprint density at radius 1 is 1.37 bits per heavy atom. The first-order valence-electron chi connectivity index (χ1n) is 5.91. The van der Waals surface area contributed by atoms with Crippen LogP contribution in [0.1, 0.15) is 35.2 Å². The van der Waals surface area contributed by atoms with Crippen molar-refractivity contribution in [1.29, 1.82) is 0 Å². The number of rotatable bonds is 3. The average molecular weight is 283 g/mol. The van der Waals surface area contributed by atoms with Crippen molar-refractivity contribution in [3.05, 3.63) is 22.2 Å². The van der Waals surface area contributed by atoms with Crippen molar-refractivity contribution in [1.82, 2.24) is 0 Å². The molecule has 1 heterocycles. The van der Waals surface area contributed by atoms with Crippen LogP contribution in [0.25, 0.3) is 0 Å². The first kappa shape index (κ1) is 12.3. The monoisotopic (exact) mass is 282 g/mol. The van der Waals surface area contributed by atoms with Crippen molar-refractivity contribution >= 4 is 23.9 Å². The number of aldehydes is 1. The van der Waals surface area contributed by atoms with Crippen LogP contribution in [0.4, 0.5) is 0 Å². The van der Waals surface area contributed by atoms with Crippen LogP contribution in [0.2, 0.25) is 5.02 Å². The lowest BCUT2D eigenvalue weighted by Crippen LogP contribution is -2.42. The molecule has 3 rings (SSSR count). The molecular formula is C13H11ClO5. The highest BCUT2D eigenvalue weighted by atomic mass is 35.5. The van der Waals surface area contributed by atoms with E-state index in [9.17, 15) is 14.7 Å². The Morgan fingerprint density at radius 2 is 2.05 bits per heavy atom. The van der Waals surface area contributed by atoms with Gasteiger partial charge in [-0.05, 0) is 18.9 Å². The molecule has 1 aromatic rings. The molecule has 0 unspecified atom stereocenters. The Balaban J connectivity index is 2.23. The Labute approximate surface area is 114 Å². The molecule has 1 fully saturated rings. The van der Waals surface area contributed by atoms with Gasteiger partial charge in [0.1, 0.15) is 0 Å². The maximum Gasteiger partial charge on any atom is 0.314 e. The number of hydrogen-bond acceptors (Lipinski definition) is 4. The first-order valence-corrected chi connectivity index (χ1v) is 6.29. The van der Waals surface area contributed by atoms with E-state index in [0.29, 0.717) is 30.4 Å². The second-order valence-corrected chi connectivity index (χ2v) is 5.15. The molecule has 0 saturated heterocycles. The van der Waals surface area contributed by atoms with Crippen LogP contribution in [0.5, 0.6) is 11.5 Å². The number of carbonyl (C=O) groups excluding carboxylic acids is 1. The van der Waals surface area contributed by atoms with Gasteiger partial charge in [0.05, 0.1) is 16.0 Å². The first-order chi connectivity index (χ1) is 9.10. The summed E-state index contributed by atoms with van der Waals surface area (Å²) in [5.41, 5.74) is -0.254. The standard InChI is InChI=1S/C13H11ClO5/c14-9-4-8(13(12(16)17)2-1-3-13)11-10(7(9)5-15)18-6-19-11/h4-5H,1-3,6H2,(H,16,17). The Kier molecular flexibility index (Phi) is 2.67. The van der Waals surface area contributed by atoms with Crippen molar-refractivity contribution in [3.8, 4) is 11.5 Å². The van der Waals surface area contributed by atoms with Crippen LogP contribution in [0.15, 0.2) is 6.07 Å². The van der Waals surface area contributed by atoms with E-state index >= 15 is 0 Å². The van der Waals surface area contributed by atoms with Crippen LogP contribution in [-0.2, 0) is 10.2 Å². The minimum atomic E-state index is -0.969. The maximum atomic E-state index is 11.6. The summed E-state index contributed by atoms with van der Waals surface area (Å²) in [6, 6.07) is 1.52. The van der Waals surface area contributed by atoms with E-state index in [4.69, 9.17) is 21.1 Å². The van der Waals surface area contributed by atoms with Gasteiger partial charge in [-0.25, -0.2) is 0 Å². The number of fused-ring (bicyclic) bond motifs is 1. The number of halogens is 1. The number of benzene rings is 1. The smallest absolute Gasteiger partial charge is 0.314 e. The summed E-state index contributed by atoms with van der Waals surface area (Å²) in [4.78, 5) is 22.6. The topological polar surface area (TPSA) is 72.8 Å². The fourth-order valence-corrected chi connectivity index (χ4v) is 2.89. The van der Waals surface area contributed by atoms with Crippen LogP contribution < -0.4 is 9.47 Å². The molecule has 6 heteroatoms. The molecule has 1 aromatic carbocycles. The molecule has 0 radical (unpaired) electrons. The lowest BCUT2D eigenvalue weighted by Gasteiger charge is -2.38. The lowest BCUT2D eigenvalue weighted by atomic mass is 9.64. The van der Waals surface area contributed by atoms with Gasteiger partial charge < -0.3 is 14.6 Å². The molecule has 5 nitrogen and oxygen atoms in total. The van der Waals surface area contributed by atoms with Crippen molar-refractivity contribution < 1.29 is 24.2 Å². The average Bonchev–Trinajstić information content (AvgIpc) is 2.76. The zero-order valence-electron chi connectivity index (χ0n) is 9.94. The van der Waals surface area contributed by atoms with E-state index in [0.717, 1.165) is 6.42 Å². The second kappa shape index (κ2) is 4.13. The Bertz CT molecular complexity index is 577. The Hall–Kier alpha value is -1.75. The number of carbonyl (C=O) groups is 2. The summed E-state index contributed by atoms with van der Waals surface area (Å²) < 4.78 is 10.6. The number of hydrogen-bond donors (Lipinski definition) is 1. The summed E-state index contributed by atoms with van der Waals surface area (Å²) in [7, 11) is 0. The molecule has 1 aliphatic carbocycles. The molecule has 19 heavy (non-hydrogen) atoms. The van der Waals surface area contributed by atoms with Gasteiger partial charge >= 0.3 is 5.97 Å². The SMILES string of the molecule is O=Cc1c(Cl)cc(C2(C(=O)O)CCC2)c2c1OCO2. The van der Waals surface area contributed by atoms with Gasteiger partial charge in [-0.1, -0.05) is 18.0 Å². The zero-order valence-corrected chi connectivity index (χ0v) is 10.7. The van der Waals surface area contributed by atoms with Gasteiger partial charge in [0.15, 0.2) is 17.8 Å². The minimum Gasteiger partial charge on any atom is -0.481 e. The normalized spacial score (nSPS) is 18.8. The zero-order chi connectivity index (χ0) is 13.6. The van der Waals surface area contributed by atoms with Crippen LogP contribution >= 0.6 is 11.6 Å². The molecule has 0 atom stereocenters. The Morgan fingerprint density at radius 3 is 2.58 bits per heavy atom. The summed E-state index contributed by atoms with van der Waals surface area (Å²) in [5.74, 6) is -0.301. The van der Waals surface area contributed by atoms with Crippen LogP contribution in [0, 0.1) is 0 Å². The van der Waals surface area contributed by atoms with E-state index in [1.165, 1.54) is 6.07 Å². The quantitative estimate of drug-likeness (QED) is 0.862. The summed E-state index contributed by atoms with van der Waals surface area (Å²) in [5, 5.41) is 9.67. The summed E-state index contributed by atoms with van der Waals surface area (Å²) in [6.45, 7) is -0.0286. The predicted molar refractivity (Wildman–Crippen MR) is 66.1 cm³/mol. The third kappa shape index (κ3) is 1.54. The highest BCUT2D eigenvalue weighted by molar-refractivity contribution is 6.33. The van der Waals surface area contributed by atoms with E-state index in [2.05, 4.69) is 0 Å². The van der Waals surface area contributed by atoms with Gasteiger partial charge in [-0.15, -0.1) is 0 Å². The fourth-order valence-electron chi connectivity index (χ4n) is 2.65. The number of ether oxygens (including phenoxy) is 2. The highest BCUT2D eigenvalue weighted by Gasteiger charge is 2.49. The van der Waals surface area contributed by atoms with E-state index in [1.54, 1.807) is 0 Å². The molecule has 0 bridgehead atoms. The van der Waals surface area contributed by atoms with E-state index < -0.39 is 11.4 Å². The van der Waals surface area contributed by atoms with E-state index in [1.807, 2.05) is 0 Å². The van der Waals surface area contributed by atoms with E-state index in [-0.39, 0.29) is 23.1 Å². The highest BCUT2D eigenvalue weighted by Crippen LogP contribution is 2.53. The molecule has 1 aliphatic heterocycles. The summed E-state index contributed by atoms with van der Waals surface area (Å²) >= 11 is 6.05. The third-order valence-electron chi connectivity index (χ3n) is 3.88. The molecule has 2 aliphatic rings. The number of carboxylic acids is 1. The third-order valence-corrected chi connectivity index (χ3v) is 4.19. The van der Waals surface area contributed by atoms with Crippen LogP contribution in [-0.4, -0.2) is 24.2 Å². The molecule has 1 saturated carbocycles. The van der Waals surface area contributed by atoms with Crippen molar-refractivity contribution in [2.45, 2.75) is 24.7 Å². The molecular weight excluding hydrogens is 272 g/mol. The lowest BCUT2D eigenvalue weighted by molar-refractivity contribution is -0.147.